The van der Waals surface area contributed by atoms with E-state index < -0.39 is 0 Å². The van der Waals surface area contributed by atoms with Crippen LogP contribution in [0.4, 0.5) is 0 Å². The third-order valence-electron chi connectivity index (χ3n) is 3.99. The molecule has 0 spiro atoms. The Morgan fingerprint density at radius 2 is 2.24 bits per heavy atom. The first-order valence-electron chi connectivity index (χ1n) is 6.76. The van der Waals surface area contributed by atoms with Gasteiger partial charge in [-0.15, -0.1) is 11.6 Å². The van der Waals surface area contributed by atoms with Crippen LogP contribution in [0.3, 0.4) is 0 Å². The lowest BCUT2D eigenvalue weighted by atomic mass is 9.84. The molecule has 1 heterocycles. The summed E-state index contributed by atoms with van der Waals surface area (Å²) in [5, 5.41) is -0.365. The van der Waals surface area contributed by atoms with Gasteiger partial charge in [-0.05, 0) is 19.3 Å². The molecule has 2 rings (SSSR count). The average Bonchev–Trinajstić information content (AvgIpc) is 2.59. The highest BCUT2D eigenvalue weighted by Crippen LogP contribution is 2.31. The minimum atomic E-state index is -0.365. The van der Waals surface area contributed by atoms with E-state index in [-0.39, 0.29) is 11.3 Å². The number of amides is 1. The van der Waals surface area contributed by atoms with E-state index in [0.29, 0.717) is 31.5 Å². The Kier molecular flexibility index (Phi) is 4.69. The second kappa shape index (κ2) is 6.05. The molecule has 3 atom stereocenters. The number of hydrogen-bond donors (Lipinski definition) is 0. The summed E-state index contributed by atoms with van der Waals surface area (Å²) >= 11 is 6.10. The van der Waals surface area contributed by atoms with Crippen molar-refractivity contribution in [3.63, 3.8) is 0 Å². The number of carbonyl (C=O) groups excluding carboxylic acids is 1. The maximum atomic E-state index is 12.3. The molecule has 1 saturated heterocycles. The quantitative estimate of drug-likeness (QED) is 0.713. The van der Waals surface area contributed by atoms with Crippen molar-refractivity contribution in [1.82, 2.24) is 4.90 Å². The zero-order valence-electron chi connectivity index (χ0n) is 10.5. The van der Waals surface area contributed by atoms with Crippen molar-refractivity contribution in [3.8, 4) is 0 Å². The highest BCUT2D eigenvalue weighted by Gasteiger charge is 2.36. The van der Waals surface area contributed by atoms with Gasteiger partial charge < -0.3 is 9.64 Å². The second-order valence-electron chi connectivity index (χ2n) is 5.09. The molecule has 98 valence electrons. The van der Waals surface area contributed by atoms with Gasteiger partial charge in [0.2, 0.25) is 5.91 Å². The van der Waals surface area contributed by atoms with Gasteiger partial charge in [0.15, 0.2) is 0 Å². The Morgan fingerprint density at radius 1 is 1.47 bits per heavy atom. The molecule has 2 aliphatic rings. The average molecular weight is 260 g/mol. The van der Waals surface area contributed by atoms with Crippen LogP contribution in [0.15, 0.2) is 0 Å². The number of nitrogens with zero attached hydrogens (tertiary/aromatic N) is 1. The maximum absolute atomic E-state index is 12.3. The molecule has 0 N–H and O–H groups in total. The second-order valence-corrected chi connectivity index (χ2v) is 5.62. The molecule has 0 aromatic carbocycles. The first-order chi connectivity index (χ1) is 8.24. The molecule has 4 heteroatoms. The van der Waals surface area contributed by atoms with Gasteiger partial charge in [-0.2, -0.15) is 0 Å². The van der Waals surface area contributed by atoms with E-state index in [4.69, 9.17) is 16.3 Å². The van der Waals surface area contributed by atoms with Crippen molar-refractivity contribution in [3.05, 3.63) is 0 Å². The third-order valence-corrected chi connectivity index (χ3v) is 4.48. The number of fused-ring (bicyclic) bond motifs is 1. The predicted molar refractivity (Wildman–Crippen MR) is 68.2 cm³/mol. The monoisotopic (exact) mass is 259 g/mol. The lowest BCUT2D eigenvalue weighted by Gasteiger charge is -2.38. The van der Waals surface area contributed by atoms with Crippen molar-refractivity contribution in [1.29, 1.82) is 0 Å². The van der Waals surface area contributed by atoms with Gasteiger partial charge in [-0.25, -0.2) is 0 Å². The van der Waals surface area contributed by atoms with E-state index >= 15 is 0 Å². The van der Waals surface area contributed by atoms with E-state index in [1.165, 1.54) is 19.3 Å². The smallest absolute Gasteiger partial charge is 0.240 e. The SMILES string of the molecule is CCC(Cl)C(=O)N1CCOCC2CCCCC21. The Balaban J connectivity index is 2.09. The van der Waals surface area contributed by atoms with Crippen LogP contribution < -0.4 is 0 Å². The molecule has 1 aliphatic carbocycles. The molecule has 1 amide bonds. The number of halogens is 1. The van der Waals surface area contributed by atoms with Gasteiger partial charge in [0.25, 0.3) is 0 Å². The molecule has 2 fully saturated rings. The molecule has 17 heavy (non-hydrogen) atoms. The summed E-state index contributed by atoms with van der Waals surface area (Å²) in [5.74, 6) is 0.632. The van der Waals surface area contributed by atoms with E-state index in [9.17, 15) is 4.79 Å². The Hall–Kier alpha value is -0.280. The fourth-order valence-electron chi connectivity index (χ4n) is 2.98. The Morgan fingerprint density at radius 3 is 3.00 bits per heavy atom. The minimum Gasteiger partial charge on any atom is -0.379 e. The van der Waals surface area contributed by atoms with Crippen LogP contribution in [0.25, 0.3) is 0 Å². The molecular weight excluding hydrogens is 238 g/mol. The first kappa shape index (κ1) is 13.2. The zero-order valence-corrected chi connectivity index (χ0v) is 11.3. The van der Waals surface area contributed by atoms with Crippen molar-refractivity contribution in [2.75, 3.05) is 19.8 Å². The van der Waals surface area contributed by atoms with Gasteiger partial charge in [-0.3, -0.25) is 4.79 Å². The molecule has 1 aliphatic heterocycles. The summed E-state index contributed by atoms with van der Waals surface area (Å²) in [7, 11) is 0. The highest BCUT2D eigenvalue weighted by atomic mass is 35.5. The summed E-state index contributed by atoms with van der Waals surface area (Å²) in [6.07, 6.45) is 5.50. The standard InChI is InChI=1S/C13H22ClNO2/c1-2-11(14)13(16)15-7-8-17-9-10-5-3-4-6-12(10)15/h10-12H,2-9H2,1H3. The van der Waals surface area contributed by atoms with Gasteiger partial charge in [-0.1, -0.05) is 19.8 Å². The topological polar surface area (TPSA) is 29.5 Å². The minimum absolute atomic E-state index is 0.108. The van der Waals surface area contributed by atoms with Crippen molar-refractivity contribution < 1.29 is 9.53 Å². The van der Waals surface area contributed by atoms with E-state index in [0.717, 1.165) is 13.0 Å². The van der Waals surface area contributed by atoms with E-state index in [2.05, 4.69) is 0 Å². The fourth-order valence-corrected chi connectivity index (χ4v) is 3.11. The van der Waals surface area contributed by atoms with Gasteiger partial charge in [0.1, 0.15) is 5.38 Å². The predicted octanol–water partition coefficient (Wildman–Crippen LogP) is 2.42. The van der Waals surface area contributed by atoms with Gasteiger partial charge >= 0.3 is 0 Å². The summed E-state index contributed by atoms with van der Waals surface area (Å²) in [4.78, 5) is 14.3. The first-order valence-corrected chi connectivity index (χ1v) is 7.20. The number of alkyl halides is 1. The van der Waals surface area contributed by atoms with Crippen molar-refractivity contribution in [2.45, 2.75) is 50.4 Å². The van der Waals surface area contributed by atoms with Crippen LogP contribution >= 0.6 is 11.6 Å². The Bertz CT molecular complexity index is 272. The number of hydrogen-bond acceptors (Lipinski definition) is 2. The third kappa shape index (κ3) is 2.94. The van der Waals surface area contributed by atoms with Crippen molar-refractivity contribution in [2.24, 2.45) is 5.92 Å². The van der Waals surface area contributed by atoms with Crippen LogP contribution in [-0.4, -0.2) is 42.0 Å². The highest BCUT2D eigenvalue weighted by molar-refractivity contribution is 6.30. The molecular formula is C13H22ClNO2. The molecule has 0 radical (unpaired) electrons. The van der Waals surface area contributed by atoms with Crippen LogP contribution in [0.1, 0.15) is 39.0 Å². The zero-order chi connectivity index (χ0) is 12.3. The van der Waals surface area contributed by atoms with E-state index in [1.54, 1.807) is 0 Å². The van der Waals surface area contributed by atoms with Gasteiger partial charge in [0, 0.05) is 18.5 Å². The van der Waals surface area contributed by atoms with E-state index in [1.807, 2.05) is 11.8 Å². The van der Waals surface area contributed by atoms with Crippen LogP contribution in [0, 0.1) is 5.92 Å². The summed E-state index contributed by atoms with van der Waals surface area (Å²) in [5.41, 5.74) is 0. The lowest BCUT2D eigenvalue weighted by molar-refractivity contribution is -0.134. The summed E-state index contributed by atoms with van der Waals surface area (Å²) in [6.45, 7) is 4.14. The fraction of sp³-hybridized carbons (Fsp3) is 0.923. The molecule has 0 bridgehead atoms. The number of carbonyl (C=O) groups is 1. The van der Waals surface area contributed by atoms with Crippen LogP contribution in [0.2, 0.25) is 0 Å². The molecule has 0 aromatic rings. The summed E-state index contributed by atoms with van der Waals surface area (Å²) < 4.78 is 5.62. The maximum Gasteiger partial charge on any atom is 0.240 e. The molecule has 3 unspecified atom stereocenters. The largest absolute Gasteiger partial charge is 0.379 e. The van der Waals surface area contributed by atoms with Crippen LogP contribution in [-0.2, 0) is 9.53 Å². The normalized spacial score (nSPS) is 31.5. The molecule has 0 aromatic heterocycles. The van der Waals surface area contributed by atoms with Crippen LogP contribution in [0.5, 0.6) is 0 Å². The number of ether oxygens (including phenoxy) is 1. The molecule has 3 nitrogen and oxygen atoms in total. The lowest BCUT2D eigenvalue weighted by Crippen LogP contribution is -2.48. The summed E-state index contributed by atoms with van der Waals surface area (Å²) in [6, 6.07) is 0.367. The molecule has 1 saturated carbocycles. The Labute approximate surface area is 108 Å². The van der Waals surface area contributed by atoms with Gasteiger partial charge in [0.05, 0.1) is 13.2 Å². The van der Waals surface area contributed by atoms with Crippen molar-refractivity contribution >= 4 is 17.5 Å². The number of rotatable bonds is 2.